The van der Waals surface area contributed by atoms with Crippen LogP contribution in [0.2, 0.25) is 13.1 Å². The second kappa shape index (κ2) is 6.44. The van der Waals surface area contributed by atoms with Gasteiger partial charge >= 0.3 is 6.09 Å². The van der Waals surface area contributed by atoms with Crippen molar-refractivity contribution in [3.8, 4) is 5.75 Å². The summed E-state index contributed by atoms with van der Waals surface area (Å²) in [7, 11) is -0.180. The molecule has 100 valence electrons. The maximum atomic E-state index is 11.1. The minimum Gasteiger partial charge on any atom is -0.494 e. The zero-order valence-electron chi connectivity index (χ0n) is 11.4. The number of amides is 1. The van der Waals surface area contributed by atoms with E-state index >= 15 is 0 Å². The van der Waals surface area contributed by atoms with Crippen molar-refractivity contribution in [3.63, 3.8) is 0 Å². The molecular weight excluding hydrogens is 246 g/mol. The van der Waals surface area contributed by atoms with Gasteiger partial charge in [-0.05, 0) is 19.1 Å². The number of carbonyl (C=O) groups is 1. The lowest BCUT2D eigenvalue weighted by Gasteiger charge is -2.22. The molecule has 0 fully saturated rings. The van der Waals surface area contributed by atoms with Crippen molar-refractivity contribution >= 4 is 19.4 Å². The molecule has 5 heteroatoms. The third-order valence-corrected chi connectivity index (χ3v) is 5.48. The molecule has 0 atom stereocenters. The molecule has 0 saturated carbocycles. The van der Waals surface area contributed by atoms with Gasteiger partial charge in [0, 0.05) is 7.05 Å². The van der Waals surface area contributed by atoms with Gasteiger partial charge in [0.15, 0.2) is 0 Å². The number of ether oxygens (including phenoxy) is 2. The van der Waals surface area contributed by atoms with Gasteiger partial charge < -0.3 is 14.8 Å². The Morgan fingerprint density at radius 2 is 1.89 bits per heavy atom. The van der Waals surface area contributed by atoms with Crippen molar-refractivity contribution in [2.75, 3.05) is 19.9 Å². The normalized spacial score (nSPS) is 10.9. The summed E-state index contributed by atoms with van der Waals surface area (Å²) < 4.78 is 10.6. The van der Waals surface area contributed by atoms with E-state index in [1.165, 1.54) is 5.19 Å². The number of hydrogen-bond acceptors (Lipinski definition) is 3. The minimum absolute atomic E-state index is 0.374. The summed E-state index contributed by atoms with van der Waals surface area (Å²) in [5.41, 5.74) is 0. The fraction of sp³-hybridized carbons (Fsp3) is 0.462. The Hall–Kier alpha value is -1.49. The topological polar surface area (TPSA) is 47.6 Å². The van der Waals surface area contributed by atoms with Crippen LogP contribution in [0.25, 0.3) is 0 Å². The molecule has 0 heterocycles. The molecule has 0 unspecified atom stereocenters. The van der Waals surface area contributed by atoms with Crippen molar-refractivity contribution < 1.29 is 14.3 Å². The first kappa shape index (κ1) is 14.6. The monoisotopic (exact) mass is 267 g/mol. The summed E-state index contributed by atoms with van der Waals surface area (Å²) in [5, 5.41) is 3.70. The number of benzene rings is 1. The molecule has 0 bridgehead atoms. The number of carbonyl (C=O) groups excluding carboxylic acids is 1. The zero-order valence-corrected chi connectivity index (χ0v) is 12.4. The lowest BCUT2D eigenvalue weighted by Crippen LogP contribution is -2.47. The fourth-order valence-corrected chi connectivity index (χ4v) is 3.30. The van der Waals surface area contributed by atoms with Gasteiger partial charge in [-0.25, -0.2) is 4.79 Å². The maximum Gasteiger partial charge on any atom is 0.406 e. The van der Waals surface area contributed by atoms with Crippen LogP contribution in [0.5, 0.6) is 5.75 Å². The van der Waals surface area contributed by atoms with E-state index in [1.807, 2.05) is 19.1 Å². The van der Waals surface area contributed by atoms with Crippen LogP contribution in [0.1, 0.15) is 6.92 Å². The third kappa shape index (κ3) is 4.07. The molecule has 0 spiro atoms. The van der Waals surface area contributed by atoms with Crippen molar-refractivity contribution in [3.05, 3.63) is 24.3 Å². The quantitative estimate of drug-likeness (QED) is 0.829. The molecule has 4 nitrogen and oxygen atoms in total. The van der Waals surface area contributed by atoms with Crippen LogP contribution < -0.4 is 15.2 Å². The number of rotatable bonds is 5. The molecular formula is C13H21NO3Si. The first-order valence-electron chi connectivity index (χ1n) is 6.07. The average Bonchev–Trinajstić information content (AvgIpc) is 2.37. The van der Waals surface area contributed by atoms with E-state index in [-0.39, 0.29) is 6.09 Å². The Kier molecular flexibility index (Phi) is 5.21. The summed E-state index contributed by atoms with van der Waals surface area (Å²) in [6.07, 6.45) is 0.0993. The minimum atomic E-state index is -1.74. The van der Waals surface area contributed by atoms with Gasteiger partial charge in [-0.1, -0.05) is 30.4 Å². The summed E-state index contributed by atoms with van der Waals surface area (Å²) in [6.45, 7) is 6.97. The molecule has 1 rings (SSSR count). The lowest BCUT2D eigenvalue weighted by atomic mass is 10.3. The maximum absolute atomic E-state index is 11.1. The fourth-order valence-electron chi connectivity index (χ4n) is 1.57. The molecule has 1 aromatic rings. The van der Waals surface area contributed by atoms with Gasteiger partial charge in [-0.3, -0.25) is 0 Å². The van der Waals surface area contributed by atoms with Gasteiger partial charge in [-0.2, -0.15) is 0 Å². The Labute approximate surface area is 109 Å². The van der Waals surface area contributed by atoms with Crippen molar-refractivity contribution in [2.24, 2.45) is 0 Å². The highest BCUT2D eigenvalue weighted by Crippen LogP contribution is 2.11. The Morgan fingerprint density at radius 3 is 2.39 bits per heavy atom. The molecule has 0 aliphatic heterocycles. The SMILES string of the molecule is CCOc1ccc([Si](C)(C)COC(=O)NC)cc1. The van der Waals surface area contributed by atoms with E-state index in [2.05, 4.69) is 30.5 Å². The predicted molar refractivity (Wildman–Crippen MR) is 75.1 cm³/mol. The van der Waals surface area contributed by atoms with Gasteiger partial charge in [0.05, 0.1) is 12.8 Å². The molecule has 0 radical (unpaired) electrons. The number of alkyl carbamates (subject to hydrolysis) is 1. The zero-order chi connectivity index (χ0) is 13.6. The summed E-state index contributed by atoms with van der Waals surface area (Å²) in [6, 6.07) is 8.05. The highest BCUT2D eigenvalue weighted by atomic mass is 28.3. The molecule has 0 aliphatic rings. The van der Waals surface area contributed by atoms with Crippen LogP contribution in [-0.4, -0.2) is 34.1 Å². The number of nitrogens with one attached hydrogen (secondary N) is 1. The Bertz CT molecular complexity index is 390. The van der Waals surface area contributed by atoms with E-state index in [0.717, 1.165) is 5.75 Å². The van der Waals surface area contributed by atoms with Gasteiger partial charge in [0.2, 0.25) is 0 Å². The molecule has 18 heavy (non-hydrogen) atoms. The predicted octanol–water partition coefficient (Wildman–Crippen LogP) is 1.90. The Balaban J connectivity index is 2.68. The van der Waals surface area contributed by atoms with Crippen LogP contribution in [0.3, 0.4) is 0 Å². The second-order valence-electron chi connectivity index (χ2n) is 4.67. The van der Waals surface area contributed by atoms with E-state index in [4.69, 9.17) is 9.47 Å². The molecule has 0 aliphatic carbocycles. The third-order valence-electron chi connectivity index (χ3n) is 2.72. The standard InChI is InChI=1S/C13H21NO3Si/c1-5-16-11-6-8-12(9-7-11)18(3,4)10-17-13(15)14-2/h6-9H,5,10H2,1-4H3,(H,14,15). The summed E-state index contributed by atoms with van der Waals surface area (Å²) >= 11 is 0. The highest BCUT2D eigenvalue weighted by Gasteiger charge is 2.25. The van der Waals surface area contributed by atoms with E-state index in [9.17, 15) is 4.79 Å². The second-order valence-corrected chi connectivity index (χ2v) is 9.30. The van der Waals surface area contributed by atoms with Crippen LogP contribution in [0.15, 0.2) is 24.3 Å². The summed E-state index contributed by atoms with van der Waals surface area (Å²) in [4.78, 5) is 11.1. The molecule has 1 amide bonds. The largest absolute Gasteiger partial charge is 0.494 e. The van der Waals surface area contributed by atoms with Gasteiger partial charge in [0.25, 0.3) is 0 Å². The van der Waals surface area contributed by atoms with E-state index in [1.54, 1.807) is 7.05 Å². The summed E-state index contributed by atoms with van der Waals surface area (Å²) in [5.74, 6) is 0.873. The van der Waals surface area contributed by atoms with E-state index < -0.39 is 8.07 Å². The van der Waals surface area contributed by atoms with Crippen molar-refractivity contribution in [2.45, 2.75) is 20.0 Å². The van der Waals surface area contributed by atoms with Gasteiger partial charge in [0.1, 0.15) is 13.8 Å². The van der Waals surface area contributed by atoms with Crippen LogP contribution in [-0.2, 0) is 4.74 Å². The molecule has 0 aromatic heterocycles. The van der Waals surface area contributed by atoms with Gasteiger partial charge in [-0.15, -0.1) is 0 Å². The average molecular weight is 267 g/mol. The van der Waals surface area contributed by atoms with E-state index in [0.29, 0.717) is 12.8 Å². The first-order chi connectivity index (χ1) is 8.49. The van der Waals surface area contributed by atoms with Crippen molar-refractivity contribution in [1.29, 1.82) is 0 Å². The van der Waals surface area contributed by atoms with Crippen LogP contribution in [0, 0.1) is 0 Å². The molecule has 1 N–H and O–H groups in total. The lowest BCUT2D eigenvalue weighted by molar-refractivity contribution is 0.165. The van der Waals surface area contributed by atoms with Crippen molar-refractivity contribution in [1.82, 2.24) is 5.32 Å². The Morgan fingerprint density at radius 1 is 1.28 bits per heavy atom. The molecule has 1 aromatic carbocycles. The molecule has 0 saturated heterocycles. The smallest absolute Gasteiger partial charge is 0.406 e. The van der Waals surface area contributed by atoms with Crippen LogP contribution in [0.4, 0.5) is 4.79 Å². The highest BCUT2D eigenvalue weighted by molar-refractivity contribution is 6.89. The number of hydrogen-bond donors (Lipinski definition) is 1. The van der Waals surface area contributed by atoms with Crippen LogP contribution >= 0.6 is 0 Å². The first-order valence-corrected chi connectivity index (χ1v) is 9.28.